The first-order chi connectivity index (χ1) is 13.3. The molecule has 0 atom stereocenters. The van der Waals surface area contributed by atoms with Crippen LogP contribution in [0.3, 0.4) is 0 Å². The highest BCUT2D eigenvalue weighted by Gasteiger charge is 2.01. The molecule has 0 aliphatic carbocycles. The topological polar surface area (TPSA) is 24.7 Å². The Morgan fingerprint density at radius 3 is 1.89 bits per heavy atom. The van der Waals surface area contributed by atoms with Crippen molar-refractivity contribution in [3.63, 3.8) is 0 Å². The van der Waals surface area contributed by atoms with Gasteiger partial charge in [-0.05, 0) is 48.2 Å². The molecule has 0 aliphatic heterocycles. The van der Waals surface area contributed by atoms with Gasteiger partial charge in [0, 0.05) is 9.79 Å². The number of nitrogens with zero attached hydrogens (tertiary/aromatic N) is 2. The summed E-state index contributed by atoms with van der Waals surface area (Å²) in [5.74, 6) is 0. The second kappa shape index (κ2) is 10.6. The maximum atomic E-state index is 4.49. The number of hydrogen-bond donors (Lipinski definition) is 0. The quantitative estimate of drug-likeness (QED) is 0.198. The first kappa shape index (κ1) is 19.2. The van der Waals surface area contributed by atoms with Crippen LogP contribution in [0.2, 0.25) is 0 Å². The summed E-state index contributed by atoms with van der Waals surface area (Å²) < 4.78 is 0. The molecule has 0 N–H and O–H groups in total. The van der Waals surface area contributed by atoms with Crippen molar-refractivity contribution in [3.05, 3.63) is 108 Å². The van der Waals surface area contributed by atoms with Gasteiger partial charge < -0.3 is 0 Å². The molecule has 0 spiro atoms. The predicted molar refractivity (Wildman–Crippen MR) is 120 cm³/mol. The van der Waals surface area contributed by atoms with Crippen molar-refractivity contribution < 1.29 is 0 Å². The third-order valence-corrected chi connectivity index (χ3v) is 5.36. The Labute approximate surface area is 169 Å². The number of benzene rings is 3. The molecule has 3 rings (SSSR count). The molecule has 2 nitrogen and oxygen atoms in total. The zero-order valence-electron chi connectivity index (χ0n) is 15.0. The highest BCUT2D eigenvalue weighted by atomic mass is 32.2. The van der Waals surface area contributed by atoms with Gasteiger partial charge in [-0.15, -0.1) is 5.10 Å². The first-order valence-electron chi connectivity index (χ1n) is 8.60. The summed E-state index contributed by atoms with van der Waals surface area (Å²) in [6.45, 7) is 1.98. The monoisotopic (exact) mass is 388 g/mol. The summed E-state index contributed by atoms with van der Waals surface area (Å²) in [6, 6.07) is 30.6. The van der Waals surface area contributed by atoms with Crippen LogP contribution in [0.25, 0.3) is 0 Å². The van der Waals surface area contributed by atoms with E-state index in [4.69, 9.17) is 0 Å². The first-order valence-corrected chi connectivity index (χ1v) is 10.3. The minimum atomic E-state index is 0.847. The van der Waals surface area contributed by atoms with Gasteiger partial charge in [-0.1, -0.05) is 90.3 Å². The van der Waals surface area contributed by atoms with E-state index in [1.165, 1.54) is 4.90 Å². The van der Waals surface area contributed by atoms with Gasteiger partial charge in [0.15, 0.2) is 0 Å². The van der Waals surface area contributed by atoms with E-state index >= 15 is 0 Å². The van der Waals surface area contributed by atoms with E-state index in [0.717, 1.165) is 21.2 Å². The van der Waals surface area contributed by atoms with Crippen LogP contribution >= 0.6 is 23.5 Å². The number of rotatable bonds is 6. The van der Waals surface area contributed by atoms with Crippen LogP contribution in [-0.4, -0.2) is 10.8 Å². The average molecular weight is 389 g/mol. The van der Waals surface area contributed by atoms with Crippen molar-refractivity contribution in [3.8, 4) is 0 Å². The van der Waals surface area contributed by atoms with Crippen molar-refractivity contribution in [2.45, 2.75) is 16.7 Å². The molecule has 0 saturated heterocycles. The summed E-state index contributed by atoms with van der Waals surface area (Å²) in [5.41, 5.74) is 1.97. The Hall–Kier alpha value is -2.56. The molecule has 0 aliphatic rings. The van der Waals surface area contributed by atoms with E-state index in [0.29, 0.717) is 0 Å². The Balaban J connectivity index is 1.78. The summed E-state index contributed by atoms with van der Waals surface area (Å²) in [6.07, 6.45) is 2.01. The second-order valence-corrected chi connectivity index (χ2v) is 7.71. The van der Waals surface area contributed by atoms with E-state index in [-0.39, 0.29) is 0 Å². The summed E-state index contributed by atoms with van der Waals surface area (Å²) in [5, 5.41) is 11.8. The fraction of sp³-hybridized carbons (Fsp3) is 0.0435. The van der Waals surface area contributed by atoms with Gasteiger partial charge in [-0.2, -0.15) is 5.10 Å². The van der Waals surface area contributed by atoms with E-state index in [9.17, 15) is 0 Å². The Morgan fingerprint density at radius 2 is 1.26 bits per heavy atom. The van der Waals surface area contributed by atoms with E-state index in [2.05, 4.69) is 39.9 Å². The summed E-state index contributed by atoms with van der Waals surface area (Å²) >= 11 is 3.27. The predicted octanol–water partition coefficient (Wildman–Crippen LogP) is 6.91. The second-order valence-electron chi connectivity index (χ2n) is 5.64. The van der Waals surface area contributed by atoms with Crippen molar-refractivity contribution in [1.29, 1.82) is 0 Å². The van der Waals surface area contributed by atoms with Gasteiger partial charge >= 0.3 is 0 Å². The Kier molecular flexibility index (Phi) is 7.51. The molecule has 3 aromatic rings. The third kappa shape index (κ3) is 6.59. The molecular formula is C23H20N2S2. The fourth-order valence-electron chi connectivity index (χ4n) is 2.23. The number of hydrogen-bond acceptors (Lipinski definition) is 4. The van der Waals surface area contributed by atoms with Crippen molar-refractivity contribution >= 4 is 34.3 Å². The lowest BCUT2D eigenvalue weighted by atomic mass is 10.1. The largest absolute Gasteiger partial charge is 0.154 e. The minimum absolute atomic E-state index is 0.847. The molecule has 0 unspecified atom stereocenters. The fourth-order valence-corrected chi connectivity index (χ4v) is 3.74. The van der Waals surface area contributed by atoms with Crippen LogP contribution in [-0.2, 0) is 0 Å². The highest BCUT2D eigenvalue weighted by molar-refractivity contribution is 8.14. The number of thioether (sulfide) groups is 2. The van der Waals surface area contributed by atoms with Gasteiger partial charge in [0.25, 0.3) is 0 Å². The van der Waals surface area contributed by atoms with E-state index in [1.54, 1.807) is 23.5 Å². The third-order valence-electron chi connectivity index (χ3n) is 3.61. The normalized spacial score (nSPS) is 12.5. The summed E-state index contributed by atoms with van der Waals surface area (Å²) in [7, 11) is 0. The van der Waals surface area contributed by atoms with E-state index < -0.39 is 0 Å². The molecule has 0 bridgehead atoms. The Bertz CT molecular complexity index is 918. The molecule has 4 heteroatoms. The minimum Gasteiger partial charge on any atom is -0.154 e. The molecule has 27 heavy (non-hydrogen) atoms. The van der Waals surface area contributed by atoms with Crippen LogP contribution < -0.4 is 0 Å². The molecule has 0 amide bonds. The van der Waals surface area contributed by atoms with Gasteiger partial charge in [-0.25, -0.2) is 0 Å². The van der Waals surface area contributed by atoms with Gasteiger partial charge in [-0.3, -0.25) is 0 Å². The zero-order valence-corrected chi connectivity index (χ0v) is 16.7. The average Bonchev–Trinajstić information content (AvgIpc) is 2.74. The van der Waals surface area contributed by atoms with E-state index in [1.807, 2.05) is 79.7 Å². The maximum absolute atomic E-state index is 4.49. The van der Waals surface area contributed by atoms with Gasteiger partial charge in [0.1, 0.15) is 5.04 Å². The van der Waals surface area contributed by atoms with Crippen molar-refractivity contribution in [2.24, 2.45) is 10.2 Å². The Morgan fingerprint density at radius 1 is 0.704 bits per heavy atom. The molecule has 3 aromatic carbocycles. The molecule has 0 radical (unpaired) electrons. The maximum Gasteiger partial charge on any atom is 0.124 e. The summed E-state index contributed by atoms with van der Waals surface area (Å²) in [4.78, 5) is 2.33. The van der Waals surface area contributed by atoms with Crippen LogP contribution in [0.1, 0.15) is 12.5 Å². The SMILES string of the molecule is CC(=NN=C(C=CSc1ccccc1)Sc1ccccc1)c1ccccc1. The smallest absolute Gasteiger partial charge is 0.124 e. The lowest BCUT2D eigenvalue weighted by Gasteiger charge is -2.01. The zero-order chi connectivity index (χ0) is 18.7. The van der Waals surface area contributed by atoms with Gasteiger partial charge in [0.05, 0.1) is 5.71 Å². The lowest BCUT2D eigenvalue weighted by Crippen LogP contribution is -1.94. The highest BCUT2D eigenvalue weighted by Crippen LogP contribution is 2.23. The molecular weight excluding hydrogens is 368 g/mol. The van der Waals surface area contributed by atoms with Crippen LogP contribution in [0.5, 0.6) is 0 Å². The van der Waals surface area contributed by atoms with Crippen molar-refractivity contribution in [2.75, 3.05) is 0 Å². The molecule has 0 saturated carbocycles. The van der Waals surface area contributed by atoms with Gasteiger partial charge in [0.2, 0.25) is 0 Å². The standard InChI is InChI=1S/C23H20N2S2/c1-19(20-11-5-2-6-12-20)24-25-23(27-22-15-9-4-10-16-22)17-18-26-21-13-7-3-8-14-21/h2-18H,1H3. The molecule has 0 fully saturated rings. The van der Waals surface area contributed by atoms with Crippen LogP contribution in [0, 0.1) is 0 Å². The van der Waals surface area contributed by atoms with Crippen LogP contribution in [0.15, 0.2) is 122 Å². The lowest BCUT2D eigenvalue weighted by molar-refractivity contribution is 1.24. The molecule has 0 aromatic heterocycles. The molecule has 0 heterocycles. The molecule has 134 valence electrons. The van der Waals surface area contributed by atoms with Crippen LogP contribution in [0.4, 0.5) is 0 Å². The van der Waals surface area contributed by atoms with Crippen molar-refractivity contribution in [1.82, 2.24) is 0 Å².